The van der Waals surface area contributed by atoms with Gasteiger partial charge in [-0.1, -0.05) is 25.6 Å². The van der Waals surface area contributed by atoms with Crippen LogP contribution in [0, 0.1) is 0 Å². The second-order valence-electron chi connectivity index (χ2n) is 3.02. The van der Waals surface area contributed by atoms with Gasteiger partial charge in [-0.3, -0.25) is 0 Å². The Hall–Kier alpha value is -0.480. The molecule has 0 fully saturated rings. The normalized spacial score (nSPS) is 15.6. The SMILES string of the molecule is CCC(NC)C(C)Sc1ncc[nH]1. The fraction of sp³-hybridized carbons (Fsp3) is 0.667. The molecule has 1 aromatic rings. The quantitative estimate of drug-likeness (QED) is 0.711. The van der Waals surface area contributed by atoms with Crippen LogP contribution in [0.5, 0.6) is 0 Å². The highest BCUT2D eigenvalue weighted by atomic mass is 32.2. The first-order valence-corrected chi connectivity index (χ1v) is 5.49. The standard InChI is InChI=1S/C9H17N3S/c1-4-8(10-3)7(2)13-9-11-5-6-12-9/h5-8,10H,4H2,1-3H3,(H,11,12). The lowest BCUT2D eigenvalue weighted by molar-refractivity contribution is 0.541. The lowest BCUT2D eigenvalue weighted by Crippen LogP contribution is -2.33. The summed E-state index contributed by atoms with van der Waals surface area (Å²) in [5.41, 5.74) is 0. The molecule has 13 heavy (non-hydrogen) atoms. The predicted octanol–water partition coefficient (Wildman–Crippen LogP) is 1.89. The molecule has 74 valence electrons. The zero-order valence-corrected chi connectivity index (χ0v) is 9.19. The maximum atomic E-state index is 4.19. The molecule has 1 heterocycles. The lowest BCUT2D eigenvalue weighted by Gasteiger charge is -2.20. The van der Waals surface area contributed by atoms with E-state index in [1.807, 2.05) is 13.2 Å². The highest BCUT2D eigenvalue weighted by Gasteiger charge is 2.15. The van der Waals surface area contributed by atoms with Gasteiger partial charge in [-0.25, -0.2) is 4.98 Å². The van der Waals surface area contributed by atoms with E-state index in [-0.39, 0.29) is 0 Å². The Morgan fingerprint density at radius 3 is 2.92 bits per heavy atom. The van der Waals surface area contributed by atoms with E-state index in [1.54, 1.807) is 18.0 Å². The maximum absolute atomic E-state index is 4.19. The summed E-state index contributed by atoms with van der Waals surface area (Å²) in [5.74, 6) is 0. The van der Waals surface area contributed by atoms with Gasteiger partial charge >= 0.3 is 0 Å². The molecule has 0 aliphatic rings. The molecular formula is C9H17N3S. The molecule has 0 aliphatic carbocycles. The third kappa shape index (κ3) is 3.04. The van der Waals surface area contributed by atoms with E-state index in [2.05, 4.69) is 29.1 Å². The summed E-state index contributed by atoms with van der Waals surface area (Å²) < 4.78 is 0. The number of nitrogens with one attached hydrogen (secondary N) is 2. The average Bonchev–Trinajstić information content (AvgIpc) is 2.59. The van der Waals surface area contributed by atoms with Crippen LogP contribution < -0.4 is 5.32 Å². The molecule has 0 saturated heterocycles. The monoisotopic (exact) mass is 199 g/mol. The Bertz CT molecular complexity index is 219. The molecule has 0 bridgehead atoms. The highest BCUT2D eigenvalue weighted by Crippen LogP contribution is 2.22. The minimum Gasteiger partial charge on any atom is -0.340 e. The van der Waals surface area contributed by atoms with Crippen molar-refractivity contribution in [2.24, 2.45) is 0 Å². The van der Waals surface area contributed by atoms with Gasteiger partial charge < -0.3 is 10.3 Å². The Balaban J connectivity index is 2.44. The Labute approximate surface area is 83.7 Å². The van der Waals surface area contributed by atoms with Crippen molar-refractivity contribution < 1.29 is 0 Å². The Morgan fingerprint density at radius 1 is 1.69 bits per heavy atom. The topological polar surface area (TPSA) is 40.7 Å². The number of hydrogen-bond acceptors (Lipinski definition) is 3. The summed E-state index contributed by atoms with van der Waals surface area (Å²) in [5, 5.41) is 4.85. The van der Waals surface area contributed by atoms with E-state index < -0.39 is 0 Å². The van der Waals surface area contributed by atoms with E-state index in [0.29, 0.717) is 11.3 Å². The van der Waals surface area contributed by atoms with Crippen LogP contribution in [-0.2, 0) is 0 Å². The Kier molecular flexibility index (Phi) is 4.32. The van der Waals surface area contributed by atoms with Gasteiger partial charge in [0.15, 0.2) is 5.16 Å². The van der Waals surface area contributed by atoms with Crippen LogP contribution in [0.4, 0.5) is 0 Å². The first-order valence-electron chi connectivity index (χ1n) is 4.61. The Morgan fingerprint density at radius 2 is 2.46 bits per heavy atom. The minimum atomic E-state index is 0.543. The second kappa shape index (κ2) is 5.29. The van der Waals surface area contributed by atoms with Gasteiger partial charge in [0.25, 0.3) is 0 Å². The molecular weight excluding hydrogens is 182 g/mol. The summed E-state index contributed by atoms with van der Waals surface area (Å²) in [7, 11) is 2.01. The summed E-state index contributed by atoms with van der Waals surface area (Å²) in [6.07, 6.45) is 4.79. The molecule has 0 saturated carbocycles. The van der Waals surface area contributed by atoms with Crippen molar-refractivity contribution >= 4 is 11.8 Å². The largest absolute Gasteiger partial charge is 0.340 e. The van der Waals surface area contributed by atoms with Crippen molar-refractivity contribution in [1.82, 2.24) is 15.3 Å². The summed E-state index contributed by atoms with van der Waals surface area (Å²) in [6, 6.07) is 0.551. The highest BCUT2D eigenvalue weighted by molar-refractivity contribution is 7.99. The average molecular weight is 199 g/mol. The van der Waals surface area contributed by atoms with Crippen LogP contribution in [-0.4, -0.2) is 28.3 Å². The minimum absolute atomic E-state index is 0.543. The predicted molar refractivity (Wildman–Crippen MR) is 57.0 cm³/mol. The molecule has 0 aliphatic heterocycles. The van der Waals surface area contributed by atoms with Crippen LogP contribution in [0.1, 0.15) is 20.3 Å². The first-order chi connectivity index (χ1) is 6.27. The summed E-state index contributed by atoms with van der Waals surface area (Å²) in [4.78, 5) is 7.28. The molecule has 4 heteroatoms. The zero-order valence-electron chi connectivity index (χ0n) is 8.37. The molecule has 0 radical (unpaired) electrons. The molecule has 0 aromatic carbocycles. The fourth-order valence-electron chi connectivity index (χ4n) is 1.34. The molecule has 3 nitrogen and oxygen atoms in total. The van der Waals surface area contributed by atoms with Crippen molar-refractivity contribution in [2.75, 3.05) is 7.05 Å². The van der Waals surface area contributed by atoms with Crippen LogP contribution >= 0.6 is 11.8 Å². The fourth-order valence-corrected chi connectivity index (χ4v) is 2.45. The zero-order chi connectivity index (χ0) is 9.68. The van der Waals surface area contributed by atoms with Crippen molar-refractivity contribution in [2.45, 2.75) is 36.7 Å². The van der Waals surface area contributed by atoms with E-state index in [1.165, 1.54) is 0 Å². The van der Waals surface area contributed by atoms with Gasteiger partial charge in [-0.05, 0) is 13.5 Å². The van der Waals surface area contributed by atoms with Crippen LogP contribution in [0.2, 0.25) is 0 Å². The molecule has 1 aromatic heterocycles. The van der Waals surface area contributed by atoms with Crippen molar-refractivity contribution in [3.63, 3.8) is 0 Å². The van der Waals surface area contributed by atoms with Crippen molar-refractivity contribution in [3.05, 3.63) is 12.4 Å². The number of aromatic amines is 1. The molecule has 0 spiro atoms. The molecule has 2 unspecified atom stereocenters. The van der Waals surface area contributed by atoms with E-state index in [0.717, 1.165) is 11.6 Å². The number of thioether (sulfide) groups is 1. The van der Waals surface area contributed by atoms with Gasteiger partial charge in [0, 0.05) is 23.7 Å². The van der Waals surface area contributed by atoms with Gasteiger partial charge in [0.05, 0.1) is 0 Å². The third-order valence-electron chi connectivity index (χ3n) is 2.15. The summed E-state index contributed by atoms with van der Waals surface area (Å²) >= 11 is 1.78. The van der Waals surface area contributed by atoms with Crippen LogP contribution in [0.25, 0.3) is 0 Å². The van der Waals surface area contributed by atoms with Crippen LogP contribution in [0.15, 0.2) is 17.6 Å². The van der Waals surface area contributed by atoms with E-state index >= 15 is 0 Å². The molecule has 0 amide bonds. The van der Waals surface area contributed by atoms with E-state index in [4.69, 9.17) is 0 Å². The number of nitrogens with zero attached hydrogens (tertiary/aromatic N) is 1. The van der Waals surface area contributed by atoms with Crippen molar-refractivity contribution in [1.29, 1.82) is 0 Å². The lowest BCUT2D eigenvalue weighted by atomic mass is 10.2. The number of rotatable bonds is 5. The molecule has 2 N–H and O–H groups in total. The van der Waals surface area contributed by atoms with Gasteiger partial charge in [0.2, 0.25) is 0 Å². The number of hydrogen-bond donors (Lipinski definition) is 2. The van der Waals surface area contributed by atoms with Gasteiger partial charge in [-0.15, -0.1) is 0 Å². The smallest absolute Gasteiger partial charge is 0.165 e. The third-order valence-corrected chi connectivity index (χ3v) is 3.29. The summed E-state index contributed by atoms with van der Waals surface area (Å²) in [6.45, 7) is 4.41. The second-order valence-corrected chi connectivity index (χ2v) is 4.39. The molecule has 1 rings (SSSR count). The number of H-pyrrole nitrogens is 1. The van der Waals surface area contributed by atoms with Gasteiger partial charge in [-0.2, -0.15) is 0 Å². The number of imidazole rings is 1. The maximum Gasteiger partial charge on any atom is 0.165 e. The number of aromatic nitrogens is 2. The van der Waals surface area contributed by atoms with Gasteiger partial charge in [0.1, 0.15) is 0 Å². The first kappa shape index (κ1) is 10.6. The van der Waals surface area contributed by atoms with E-state index in [9.17, 15) is 0 Å². The molecule has 2 atom stereocenters. The van der Waals surface area contributed by atoms with Crippen molar-refractivity contribution in [3.8, 4) is 0 Å². The van der Waals surface area contributed by atoms with Crippen LogP contribution in [0.3, 0.4) is 0 Å².